The number of amides is 2. The lowest BCUT2D eigenvalue weighted by Gasteiger charge is -2.27. The number of rotatable bonds is 2. The van der Waals surface area contributed by atoms with Gasteiger partial charge in [0.05, 0.1) is 12.8 Å². The van der Waals surface area contributed by atoms with Crippen LogP contribution in [0, 0.1) is 6.92 Å². The number of likely N-dealkylation sites (tertiary alicyclic amines) is 1. The number of carbonyl (C=O) groups excluding carboxylic acids is 1. The zero-order valence-corrected chi connectivity index (χ0v) is 11.3. The van der Waals surface area contributed by atoms with Crippen molar-refractivity contribution < 1.29 is 9.21 Å². The maximum Gasteiger partial charge on any atom is 0.320 e. The van der Waals surface area contributed by atoms with Crippen LogP contribution in [0.25, 0.3) is 0 Å². The topological polar surface area (TPSA) is 36.7 Å². The highest BCUT2D eigenvalue weighted by atomic mass is 16.3. The summed E-state index contributed by atoms with van der Waals surface area (Å²) in [6.07, 6.45) is 6.42. The van der Waals surface area contributed by atoms with Gasteiger partial charge in [-0.05, 0) is 25.8 Å². The molecule has 0 unspecified atom stereocenters. The van der Waals surface area contributed by atoms with E-state index in [0.29, 0.717) is 6.54 Å². The van der Waals surface area contributed by atoms with Gasteiger partial charge in [-0.3, -0.25) is 0 Å². The van der Waals surface area contributed by atoms with Crippen molar-refractivity contribution in [1.29, 1.82) is 0 Å². The van der Waals surface area contributed by atoms with Gasteiger partial charge in [0.1, 0.15) is 5.76 Å². The van der Waals surface area contributed by atoms with Gasteiger partial charge in [0.25, 0.3) is 0 Å². The minimum atomic E-state index is 0.137. The Morgan fingerprint density at radius 3 is 2.56 bits per heavy atom. The molecule has 0 aliphatic carbocycles. The molecular formula is C14H22N2O2. The second kappa shape index (κ2) is 5.94. The van der Waals surface area contributed by atoms with Gasteiger partial charge < -0.3 is 14.2 Å². The molecule has 0 atom stereocenters. The lowest BCUT2D eigenvalue weighted by molar-refractivity contribution is 0.162. The lowest BCUT2D eigenvalue weighted by Crippen LogP contribution is -2.41. The van der Waals surface area contributed by atoms with Crippen LogP contribution >= 0.6 is 0 Å². The fourth-order valence-corrected chi connectivity index (χ4v) is 2.40. The van der Waals surface area contributed by atoms with Crippen LogP contribution in [-0.4, -0.2) is 36.0 Å². The van der Waals surface area contributed by atoms with E-state index in [4.69, 9.17) is 4.42 Å². The molecule has 2 amide bonds. The molecule has 4 heteroatoms. The van der Waals surface area contributed by atoms with Crippen molar-refractivity contribution in [3.8, 4) is 0 Å². The smallest absolute Gasteiger partial charge is 0.320 e. The Labute approximate surface area is 109 Å². The van der Waals surface area contributed by atoms with E-state index >= 15 is 0 Å². The number of aryl methyl sites for hydroxylation is 1. The SMILES string of the molecule is Cc1occc1CN(C)C(=O)N1CCCCCC1. The molecule has 0 spiro atoms. The van der Waals surface area contributed by atoms with Crippen molar-refractivity contribution in [2.45, 2.75) is 39.2 Å². The van der Waals surface area contributed by atoms with Crippen LogP contribution in [0.4, 0.5) is 4.79 Å². The van der Waals surface area contributed by atoms with E-state index in [0.717, 1.165) is 37.3 Å². The van der Waals surface area contributed by atoms with Gasteiger partial charge in [-0.2, -0.15) is 0 Å². The third kappa shape index (κ3) is 3.06. The third-order valence-corrected chi connectivity index (χ3v) is 3.58. The van der Waals surface area contributed by atoms with Gasteiger partial charge in [-0.1, -0.05) is 12.8 Å². The first kappa shape index (κ1) is 13.0. The van der Waals surface area contributed by atoms with E-state index < -0.39 is 0 Å². The number of furan rings is 1. The Hall–Kier alpha value is -1.45. The van der Waals surface area contributed by atoms with E-state index in [1.54, 1.807) is 11.2 Å². The summed E-state index contributed by atoms with van der Waals surface area (Å²) in [6, 6.07) is 2.07. The summed E-state index contributed by atoms with van der Waals surface area (Å²) >= 11 is 0. The number of carbonyl (C=O) groups is 1. The van der Waals surface area contributed by atoms with Crippen molar-refractivity contribution >= 4 is 6.03 Å². The van der Waals surface area contributed by atoms with Crippen molar-refractivity contribution in [1.82, 2.24) is 9.80 Å². The van der Waals surface area contributed by atoms with Gasteiger partial charge in [-0.25, -0.2) is 4.79 Å². The standard InChI is InChI=1S/C14H22N2O2/c1-12-13(7-10-18-12)11-15(2)14(17)16-8-5-3-4-6-9-16/h7,10H,3-6,8-9,11H2,1-2H3. The van der Waals surface area contributed by atoms with E-state index in [1.165, 1.54) is 12.8 Å². The van der Waals surface area contributed by atoms with Gasteiger partial charge in [0, 0.05) is 25.7 Å². The molecule has 1 fully saturated rings. The van der Waals surface area contributed by atoms with Gasteiger partial charge >= 0.3 is 6.03 Å². The Kier molecular flexibility index (Phi) is 4.28. The largest absolute Gasteiger partial charge is 0.469 e. The average Bonchev–Trinajstić information content (AvgIpc) is 2.63. The van der Waals surface area contributed by atoms with Crippen LogP contribution in [0.3, 0.4) is 0 Å². The monoisotopic (exact) mass is 250 g/mol. The molecule has 0 saturated carbocycles. The molecule has 2 rings (SSSR count). The van der Waals surface area contributed by atoms with Crippen LogP contribution in [0.1, 0.15) is 37.0 Å². The van der Waals surface area contributed by atoms with Crippen LogP contribution in [0.2, 0.25) is 0 Å². The molecule has 18 heavy (non-hydrogen) atoms. The van der Waals surface area contributed by atoms with E-state index in [9.17, 15) is 4.79 Å². The van der Waals surface area contributed by atoms with Crippen molar-refractivity contribution in [2.75, 3.05) is 20.1 Å². The molecule has 1 aromatic rings. The number of urea groups is 1. The molecular weight excluding hydrogens is 228 g/mol. The summed E-state index contributed by atoms with van der Waals surface area (Å²) < 4.78 is 5.26. The van der Waals surface area contributed by atoms with Crippen molar-refractivity contribution in [2.24, 2.45) is 0 Å². The highest BCUT2D eigenvalue weighted by Gasteiger charge is 2.19. The molecule has 0 N–H and O–H groups in total. The fraction of sp³-hybridized carbons (Fsp3) is 0.643. The van der Waals surface area contributed by atoms with Crippen molar-refractivity contribution in [3.63, 3.8) is 0 Å². The minimum Gasteiger partial charge on any atom is -0.469 e. The zero-order valence-electron chi connectivity index (χ0n) is 11.3. The quantitative estimate of drug-likeness (QED) is 0.809. The van der Waals surface area contributed by atoms with Crippen LogP contribution in [-0.2, 0) is 6.54 Å². The summed E-state index contributed by atoms with van der Waals surface area (Å²) in [5, 5.41) is 0. The van der Waals surface area contributed by atoms with E-state index in [2.05, 4.69) is 0 Å². The van der Waals surface area contributed by atoms with E-state index in [-0.39, 0.29) is 6.03 Å². The van der Waals surface area contributed by atoms with Crippen molar-refractivity contribution in [3.05, 3.63) is 23.7 Å². The van der Waals surface area contributed by atoms with Crippen LogP contribution < -0.4 is 0 Å². The number of hydrogen-bond acceptors (Lipinski definition) is 2. The average molecular weight is 250 g/mol. The molecule has 100 valence electrons. The summed E-state index contributed by atoms with van der Waals surface area (Å²) in [5.74, 6) is 0.894. The highest BCUT2D eigenvalue weighted by Crippen LogP contribution is 2.15. The summed E-state index contributed by atoms with van der Waals surface area (Å²) in [5.41, 5.74) is 1.08. The molecule has 1 aromatic heterocycles. The number of hydrogen-bond donors (Lipinski definition) is 0. The fourth-order valence-electron chi connectivity index (χ4n) is 2.40. The third-order valence-electron chi connectivity index (χ3n) is 3.58. The second-order valence-electron chi connectivity index (χ2n) is 5.04. The van der Waals surface area contributed by atoms with Crippen LogP contribution in [0.15, 0.2) is 16.7 Å². The maximum absolute atomic E-state index is 12.3. The first-order valence-electron chi connectivity index (χ1n) is 6.71. The van der Waals surface area contributed by atoms with Gasteiger partial charge in [0.2, 0.25) is 0 Å². The molecule has 0 aromatic carbocycles. The molecule has 2 heterocycles. The normalized spacial score (nSPS) is 16.4. The van der Waals surface area contributed by atoms with Crippen LogP contribution in [0.5, 0.6) is 0 Å². The summed E-state index contributed by atoms with van der Waals surface area (Å²) in [7, 11) is 1.86. The molecule has 1 saturated heterocycles. The lowest BCUT2D eigenvalue weighted by atomic mass is 10.2. The maximum atomic E-state index is 12.3. The first-order chi connectivity index (χ1) is 8.68. The Morgan fingerprint density at radius 2 is 2.00 bits per heavy atom. The Morgan fingerprint density at radius 1 is 1.33 bits per heavy atom. The Bertz CT molecular complexity index is 392. The highest BCUT2D eigenvalue weighted by molar-refractivity contribution is 5.74. The first-order valence-corrected chi connectivity index (χ1v) is 6.71. The second-order valence-corrected chi connectivity index (χ2v) is 5.04. The van der Waals surface area contributed by atoms with Gasteiger partial charge in [-0.15, -0.1) is 0 Å². The molecule has 4 nitrogen and oxygen atoms in total. The molecule has 0 bridgehead atoms. The minimum absolute atomic E-state index is 0.137. The number of nitrogens with zero attached hydrogens (tertiary/aromatic N) is 2. The predicted molar refractivity (Wildman–Crippen MR) is 70.3 cm³/mol. The molecule has 1 aliphatic rings. The predicted octanol–water partition coefficient (Wildman–Crippen LogP) is 3.02. The summed E-state index contributed by atoms with van der Waals surface area (Å²) in [6.45, 7) is 4.35. The Balaban J connectivity index is 1.93. The van der Waals surface area contributed by atoms with Gasteiger partial charge in [0.15, 0.2) is 0 Å². The van der Waals surface area contributed by atoms with E-state index in [1.807, 2.05) is 24.9 Å². The molecule has 0 radical (unpaired) electrons. The molecule has 1 aliphatic heterocycles. The zero-order chi connectivity index (χ0) is 13.0. The summed E-state index contributed by atoms with van der Waals surface area (Å²) in [4.78, 5) is 16.1.